The Morgan fingerprint density at radius 1 is 0.875 bits per heavy atom. The summed E-state index contributed by atoms with van der Waals surface area (Å²) in [6, 6.07) is 10.3. The number of rotatable bonds is 4. The van der Waals surface area contributed by atoms with E-state index >= 15 is 0 Å². The molecule has 0 radical (unpaired) electrons. The van der Waals surface area contributed by atoms with Crippen molar-refractivity contribution in [3.05, 3.63) is 64.2 Å². The van der Waals surface area contributed by atoms with Gasteiger partial charge in [0.1, 0.15) is 0 Å². The molecular formula is C15H10N3O6-. The van der Waals surface area contributed by atoms with Crippen LogP contribution in [0.4, 0.5) is 17.1 Å². The van der Waals surface area contributed by atoms with Crippen LogP contribution >= 0.6 is 0 Å². The van der Waals surface area contributed by atoms with E-state index in [4.69, 9.17) is 0 Å². The van der Waals surface area contributed by atoms with Crippen LogP contribution in [0, 0.1) is 10.1 Å². The Kier molecular flexibility index (Phi) is 4.85. The van der Waals surface area contributed by atoms with Gasteiger partial charge in [0.15, 0.2) is 0 Å². The average Bonchev–Trinajstić information content (AvgIpc) is 2.55. The molecule has 2 rings (SSSR count). The normalized spacial score (nSPS) is 9.83. The van der Waals surface area contributed by atoms with Crippen molar-refractivity contribution in [2.75, 3.05) is 10.6 Å². The first kappa shape index (κ1) is 16.6. The number of carboxylic acids is 1. The van der Waals surface area contributed by atoms with E-state index in [9.17, 15) is 29.6 Å². The van der Waals surface area contributed by atoms with Crippen LogP contribution in [0.15, 0.2) is 48.5 Å². The number of nitrogens with zero attached hydrogens (tertiary/aromatic N) is 1. The molecular weight excluding hydrogens is 318 g/mol. The van der Waals surface area contributed by atoms with Crippen molar-refractivity contribution < 1.29 is 24.4 Å². The van der Waals surface area contributed by atoms with Gasteiger partial charge in [0.25, 0.3) is 5.69 Å². The molecule has 0 atom stereocenters. The third-order valence-corrected chi connectivity index (χ3v) is 2.94. The molecule has 0 aliphatic carbocycles. The molecule has 2 amide bonds. The zero-order valence-electron chi connectivity index (χ0n) is 12.0. The Morgan fingerprint density at radius 2 is 1.46 bits per heavy atom. The minimum atomic E-state index is -1.50. The first-order valence-corrected chi connectivity index (χ1v) is 6.55. The molecule has 0 unspecified atom stereocenters. The number of non-ortho nitro benzene ring substituents is 1. The largest absolute Gasteiger partial charge is 0.545 e. The quantitative estimate of drug-likeness (QED) is 0.476. The highest BCUT2D eigenvalue weighted by atomic mass is 16.6. The van der Waals surface area contributed by atoms with Gasteiger partial charge in [-0.15, -0.1) is 0 Å². The predicted octanol–water partition coefficient (Wildman–Crippen LogP) is 0.535. The van der Waals surface area contributed by atoms with E-state index in [2.05, 4.69) is 10.6 Å². The van der Waals surface area contributed by atoms with E-state index in [0.717, 1.165) is 0 Å². The van der Waals surface area contributed by atoms with E-state index in [-0.39, 0.29) is 22.6 Å². The lowest BCUT2D eigenvalue weighted by molar-refractivity contribution is -0.384. The molecule has 0 aromatic heterocycles. The minimum absolute atomic E-state index is 0.0821. The molecule has 0 fully saturated rings. The molecule has 0 aliphatic heterocycles. The third kappa shape index (κ3) is 3.91. The summed E-state index contributed by atoms with van der Waals surface area (Å²) in [5.74, 6) is -3.65. The number of amides is 2. The smallest absolute Gasteiger partial charge is 0.314 e. The van der Waals surface area contributed by atoms with Crippen molar-refractivity contribution in [2.24, 2.45) is 0 Å². The number of hydrogen-bond donors (Lipinski definition) is 2. The molecule has 0 bridgehead atoms. The van der Waals surface area contributed by atoms with Crippen molar-refractivity contribution in [1.29, 1.82) is 0 Å². The minimum Gasteiger partial charge on any atom is -0.545 e. The van der Waals surface area contributed by atoms with Gasteiger partial charge in [-0.25, -0.2) is 0 Å². The second-order valence-corrected chi connectivity index (χ2v) is 4.55. The summed E-state index contributed by atoms with van der Waals surface area (Å²) < 4.78 is 0. The van der Waals surface area contributed by atoms with E-state index in [1.54, 1.807) is 0 Å². The maximum atomic E-state index is 11.8. The summed E-state index contributed by atoms with van der Waals surface area (Å²) in [6.07, 6.45) is 0. The SMILES string of the molecule is O=C(Nc1ccc([N+](=O)[O-])cc1)C(=O)Nc1ccccc1C(=O)[O-]. The number of aromatic carboxylic acids is 1. The number of nitrogens with one attached hydrogen (secondary N) is 2. The zero-order chi connectivity index (χ0) is 17.7. The van der Waals surface area contributed by atoms with Crippen LogP contribution in [-0.4, -0.2) is 22.7 Å². The van der Waals surface area contributed by atoms with Crippen molar-refractivity contribution >= 4 is 34.8 Å². The highest BCUT2D eigenvalue weighted by molar-refractivity contribution is 6.43. The maximum Gasteiger partial charge on any atom is 0.314 e. The lowest BCUT2D eigenvalue weighted by Crippen LogP contribution is -2.31. The molecule has 0 aliphatic rings. The lowest BCUT2D eigenvalue weighted by Gasteiger charge is -2.11. The fourth-order valence-corrected chi connectivity index (χ4v) is 1.80. The summed E-state index contributed by atoms with van der Waals surface area (Å²) in [5.41, 5.74) is -0.343. The molecule has 2 aromatic rings. The zero-order valence-corrected chi connectivity index (χ0v) is 12.0. The highest BCUT2D eigenvalue weighted by Gasteiger charge is 2.16. The van der Waals surface area contributed by atoms with E-state index in [1.807, 2.05) is 0 Å². The standard InChI is InChI=1S/C15H11N3O6/c19-13(16-9-5-7-10(8-6-9)18(23)24)14(20)17-12-4-2-1-3-11(12)15(21)22/h1-8H,(H,16,19)(H,17,20)(H,21,22)/p-1. The van der Waals surface area contributed by atoms with Crippen LogP contribution in [0.25, 0.3) is 0 Å². The second-order valence-electron chi connectivity index (χ2n) is 4.55. The first-order valence-electron chi connectivity index (χ1n) is 6.55. The highest BCUT2D eigenvalue weighted by Crippen LogP contribution is 2.16. The molecule has 122 valence electrons. The van der Waals surface area contributed by atoms with Crippen LogP contribution in [0.2, 0.25) is 0 Å². The predicted molar refractivity (Wildman–Crippen MR) is 81.1 cm³/mol. The topological polar surface area (TPSA) is 141 Å². The summed E-state index contributed by atoms with van der Waals surface area (Å²) in [6.45, 7) is 0. The number of para-hydroxylation sites is 1. The van der Waals surface area contributed by atoms with Crippen molar-refractivity contribution in [2.45, 2.75) is 0 Å². The number of anilines is 2. The van der Waals surface area contributed by atoms with Gasteiger partial charge in [-0.2, -0.15) is 0 Å². The van der Waals surface area contributed by atoms with E-state index in [1.165, 1.54) is 48.5 Å². The Morgan fingerprint density at radius 3 is 2.04 bits per heavy atom. The number of nitro groups is 1. The van der Waals surface area contributed by atoms with Crippen molar-refractivity contribution in [3.8, 4) is 0 Å². The monoisotopic (exact) mass is 328 g/mol. The van der Waals surface area contributed by atoms with Crippen LogP contribution in [0.5, 0.6) is 0 Å². The molecule has 9 heteroatoms. The molecule has 0 heterocycles. The van der Waals surface area contributed by atoms with Gasteiger partial charge < -0.3 is 20.5 Å². The number of carbonyl (C=O) groups is 3. The molecule has 2 N–H and O–H groups in total. The average molecular weight is 328 g/mol. The van der Waals surface area contributed by atoms with Crippen LogP contribution < -0.4 is 15.7 Å². The Labute approximate surface area is 135 Å². The second kappa shape index (κ2) is 7.01. The van der Waals surface area contributed by atoms with E-state index in [0.29, 0.717) is 0 Å². The van der Waals surface area contributed by atoms with Crippen molar-refractivity contribution in [3.63, 3.8) is 0 Å². The van der Waals surface area contributed by atoms with Gasteiger partial charge in [-0.05, 0) is 18.2 Å². The molecule has 0 saturated carbocycles. The molecule has 0 saturated heterocycles. The van der Waals surface area contributed by atoms with Gasteiger partial charge in [0, 0.05) is 23.4 Å². The van der Waals surface area contributed by atoms with Gasteiger partial charge in [0.05, 0.1) is 16.6 Å². The van der Waals surface area contributed by atoms with Crippen LogP contribution in [0.3, 0.4) is 0 Å². The summed E-state index contributed by atoms with van der Waals surface area (Å²) in [4.78, 5) is 44.5. The Hall–Kier alpha value is -3.75. The first-order chi connectivity index (χ1) is 11.4. The number of hydrogen-bond acceptors (Lipinski definition) is 6. The third-order valence-electron chi connectivity index (χ3n) is 2.94. The molecule has 24 heavy (non-hydrogen) atoms. The van der Waals surface area contributed by atoms with Gasteiger partial charge in [-0.3, -0.25) is 19.7 Å². The summed E-state index contributed by atoms with van der Waals surface area (Å²) >= 11 is 0. The fourth-order valence-electron chi connectivity index (χ4n) is 1.80. The Bertz CT molecular complexity index is 816. The fraction of sp³-hybridized carbons (Fsp3) is 0. The number of benzene rings is 2. The molecule has 0 spiro atoms. The van der Waals surface area contributed by atoms with Gasteiger partial charge in [0.2, 0.25) is 0 Å². The number of carboxylic acid groups (broad SMARTS) is 1. The maximum absolute atomic E-state index is 11.8. The van der Waals surface area contributed by atoms with E-state index < -0.39 is 22.7 Å². The number of carbonyl (C=O) groups excluding carboxylic acids is 3. The molecule has 9 nitrogen and oxygen atoms in total. The lowest BCUT2D eigenvalue weighted by atomic mass is 10.2. The summed E-state index contributed by atoms with van der Waals surface area (Å²) in [7, 11) is 0. The van der Waals surface area contributed by atoms with Crippen LogP contribution in [-0.2, 0) is 9.59 Å². The summed E-state index contributed by atoms with van der Waals surface area (Å²) in [5, 5.41) is 25.9. The Balaban J connectivity index is 2.06. The van der Waals surface area contributed by atoms with Crippen molar-refractivity contribution in [1.82, 2.24) is 0 Å². The van der Waals surface area contributed by atoms with Gasteiger partial charge in [-0.1, -0.05) is 18.2 Å². The van der Waals surface area contributed by atoms with Crippen LogP contribution in [0.1, 0.15) is 10.4 Å². The van der Waals surface area contributed by atoms with Gasteiger partial charge >= 0.3 is 11.8 Å². The number of nitro benzene ring substituents is 1. The molecule has 2 aromatic carbocycles.